The summed E-state index contributed by atoms with van der Waals surface area (Å²) in [6, 6.07) is 1.61. The summed E-state index contributed by atoms with van der Waals surface area (Å²) >= 11 is 0. The van der Waals surface area contributed by atoms with Gasteiger partial charge in [0.15, 0.2) is 0 Å². The van der Waals surface area contributed by atoms with Crippen LogP contribution in [0.5, 0.6) is 11.5 Å². The fourth-order valence-electron chi connectivity index (χ4n) is 7.19. The van der Waals surface area contributed by atoms with Gasteiger partial charge in [-0.25, -0.2) is 0 Å². The maximum Gasteiger partial charge on any atom is 0.252 e. The Morgan fingerprint density at radius 2 is 1.93 bits per heavy atom. The normalized spacial score (nSPS) is 40.5. The predicted molar refractivity (Wildman–Crippen MR) is 105 cm³/mol. The van der Waals surface area contributed by atoms with Gasteiger partial charge in [0.05, 0.1) is 11.7 Å². The van der Waals surface area contributed by atoms with Gasteiger partial charge in [0, 0.05) is 29.5 Å². The second-order valence-corrected chi connectivity index (χ2v) is 10.4. The third kappa shape index (κ3) is 1.99. The molecule has 0 radical (unpaired) electrons. The molecule has 28 heavy (non-hydrogen) atoms. The Morgan fingerprint density at radius 3 is 2.68 bits per heavy atom. The molecule has 5 nitrogen and oxygen atoms in total. The van der Waals surface area contributed by atoms with Crippen LogP contribution in [0.2, 0.25) is 0 Å². The van der Waals surface area contributed by atoms with Crippen LogP contribution in [0.15, 0.2) is 6.07 Å². The third-order valence-electron chi connectivity index (χ3n) is 8.97. The Balaban J connectivity index is 1.65. The highest BCUT2D eigenvalue weighted by molar-refractivity contribution is 6.00. The molecule has 1 aromatic rings. The molecule has 2 fully saturated rings. The highest BCUT2D eigenvalue weighted by Gasteiger charge is 2.67. The number of aromatic hydroxyl groups is 1. The van der Waals surface area contributed by atoms with Gasteiger partial charge in [0.2, 0.25) is 0 Å². The molecule has 1 amide bonds. The highest BCUT2D eigenvalue weighted by Crippen LogP contribution is 2.67. The molecule has 2 aliphatic carbocycles. The van der Waals surface area contributed by atoms with E-state index >= 15 is 0 Å². The summed E-state index contributed by atoms with van der Waals surface area (Å²) in [5.74, 6) is 1.46. The first kappa shape index (κ1) is 18.3. The number of aliphatic hydroxyl groups excluding tert-OH is 1. The Bertz CT molecular complexity index is 878. The predicted octanol–water partition coefficient (Wildman–Crippen LogP) is 3.54. The number of phenols is 1. The molecule has 1 aromatic carbocycles. The van der Waals surface area contributed by atoms with Crippen molar-refractivity contribution in [2.75, 3.05) is 0 Å². The summed E-state index contributed by atoms with van der Waals surface area (Å²) in [5.41, 5.74) is 1.61. The Kier molecular flexibility index (Phi) is 3.55. The zero-order valence-electron chi connectivity index (χ0n) is 17.3. The minimum atomic E-state index is -0.409. The Labute approximate surface area is 166 Å². The minimum Gasteiger partial charge on any atom is -0.508 e. The summed E-state index contributed by atoms with van der Waals surface area (Å²) < 4.78 is 6.89. The Morgan fingerprint density at radius 1 is 1.18 bits per heavy atom. The van der Waals surface area contributed by atoms with Gasteiger partial charge in [-0.05, 0) is 49.0 Å². The molecule has 2 saturated carbocycles. The van der Waals surface area contributed by atoms with Crippen molar-refractivity contribution < 1.29 is 19.7 Å². The van der Waals surface area contributed by atoms with E-state index in [1.807, 2.05) is 0 Å². The lowest BCUT2D eigenvalue weighted by atomic mass is 9.43. The lowest BCUT2D eigenvalue weighted by Crippen LogP contribution is -2.66. The average Bonchev–Trinajstić information content (AvgIpc) is 3.20. The zero-order valence-corrected chi connectivity index (χ0v) is 17.3. The van der Waals surface area contributed by atoms with Crippen LogP contribution in [-0.2, 0) is 13.0 Å². The number of carbonyl (C=O) groups is 1. The number of hydrogen-bond acceptors (Lipinski definition) is 4. The summed E-state index contributed by atoms with van der Waals surface area (Å²) in [5, 5.41) is 24.3. The molecule has 5 rings (SSSR count). The van der Waals surface area contributed by atoms with Gasteiger partial charge >= 0.3 is 0 Å². The molecule has 2 heterocycles. The number of nitrogens with one attached hydrogen (secondary N) is 1. The second kappa shape index (κ2) is 5.44. The van der Waals surface area contributed by atoms with Crippen LogP contribution in [0, 0.1) is 22.7 Å². The van der Waals surface area contributed by atoms with Gasteiger partial charge in [0.25, 0.3) is 5.91 Å². The van der Waals surface area contributed by atoms with Crippen molar-refractivity contribution in [3.05, 3.63) is 22.8 Å². The molecular weight excluding hydrogens is 354 g/mol. The topological polar surface area (TPSA) is 78.8 Å². The van der Waals surface area contributed by atoms with E-state index < -0.39 is 5.60 Å². The second-order valence-electron chi connectivity index (χ2n) is 10.4. The molecule has 0 bridgehead atoms. The zero-order chi connectivity index (χ0) is 20.1. The standard InChI is InChI=1S/C23H31NO4/c1-12-5-6-17-21(2,3)18(26)7-8-22(17,4)23(12)10-14-16(25)9-13-15(19(14)28-23)11-24-20(13)27/h9,12,17-18,25-26H,5-8,10-11H2,1-4H3,(H,24,27)/t12-,17-,18-,22+,23-/m1/s1. The Hall–Kier alpha value is -1.75. The van der Waals surface area contributed by atoms with E-state index in [2.05, 4.69) is 33.0 Å². The van der Waals surface area contributed by atoms with Crippen molar-refractivity contribution in [2.24, 2.45) is 22.7 Å². The van der Waals surface area contributed by atoms with Gasteiger partial charge in [-0.1, -0.05) is 27.7 Å². The number of amides is 1. The maximum absolute atomic E-state index is 12.2. The monoisotopic (exact) mass is 385 g/mol. The first-order valence-electron chi connectivity index (χ1n) is 10.6. The number of phenolic OH excluding ortho intramolecular Hbond substituents is 1. The van der Waals surface area contributed by atoms with E-state index in [1.165, 1.54) is 0 Å². The molecule has 5 heteroatoms. The third-order valence-corrected chi connectivity index (χ3v) is 8.97. The quantitative estimate of drug-likeness (QED) is 0.638. The van der Waals surface area contributed by atoms with Crippen molar-refractivity contribution in [2.45, 2.75) is 78.0 Å². The lowest BCUT2D eigenvalue weighted by Gasteiger charge is -2.64. The summed E-state index contributed by atoms with van der Waals surface area (Å²) in [6.07, 6.45) is 4.21. The number of rotatable bonds is 0. The first-order chi connectivity index (χ1) is 13.1. The van der Waals surface area contributed by atoms with Gasteiger partial charge in [-0.2, -0.15) is 0 Å². The van der Waals surface area contributed by atoms with E-state index in [0.29, 0.717) is 30.4 Å². The van der Waals surface area contributed by atoms with Crippen LogP contribution in [0.1, 0.15) is 74.9 Å². The van der Waals surface area contributed by atoms with Gasteiger partial charge in [0.1, 0.15) is 17.1 Å². The molecule has 0 unspecified atom stereocenters. The van der Waals surface area contributed by atoms with E-state index in [9.17, 15) is 15.0 Å². The van der Waals surface area contributed by atoms with Crippen molar-refractivity contribution in [1.82, 2.24) is 5.32 Å². The van der Waals surface area contributed by atoms with E-state index in [-0.39, 0.29) is 28.6 Å². The van der Waals surface area contributed by atoms with Crippen LogP contribution in [0.25, 0.3) is 0 Å². The smallest absolute Gasteiger partial charge is 0.252 e. The molecule has 1 spiro atoms. The number of aliphatic hydroxyl groups is 1. The van der Waals surface area contributed by atoms with Gasteiger partial charge in [-0.3, -0.25) is 4.79 Å². The number of benzene rings is 1. The fraction of sp³-hybridized carbons (Fsp3) is 0.696. The average molecular weight is 386 g/mol. The molecule has 3 N–H and O–H groups in total. The molecule has 2 aliphatic heterocycles. The van der Waals surface area contributed by atoms with E-state index in [1.54, 1.807) is 6.07 Å². The molecular formula is C23H31NO4. The van der Waals surface area contributed by atoms with Gasteiger partial charge in [-0.15, -0.1) is 0 Å². The van der Waals surface area contributed by atoms with Crippen LogP contribution in [-0.4, -0.2) is 27.8 Å². The summed E-state index contributed by atoms with van der Waals surface area (Å²) in [7, 11) is 0. The molecule has 4 aliphatic rings. The minimum absolute atomic E-state index is 0.0955. The molecule has 0 aromatic heterocycles. The highest BCUT2D eigenvalue weighted by atomic mass is 16.5. The largest absolute Gasteiger partial charge is 0.508 e. The molecule has 152 valence electrons. The van der Waals surface area contributed by atoms with Crippen molar-refractivity contribution in [1.29, 1.82) is 0 Å². The molecule has 0 saturated heterocycles. The SMILES string of the molecule is C[C@@H]1CC[C@@H]2C(C)(C)[C@H](O)CC[C@]2(C)[C@@]12Cc1c(O)cc3c(c1O2)CNC3=O. The van der Waals surface area contributed by atoms with Crippen LogP contribution in [0.4, 0.5) is 0 Å². The summed E-state index contributed by atoms with van der Waals surface area (Å²) in [6.45, 7) is 9.47. The van der Waals surface area contributed by atoms with Crippen LogP contribution in [0.3, 0.4) is 0 Å². The maximum atomic E-state index is 12.2. The van der Waals surface area contributed by atoms with Crippen molar-refractivity contribution in [3.8, 4) is 11.5 Å². The van der Waals surface area contributed by atoms with E-state index in [0.717, 1.165) is 42.6 Å². The number of fused-ring (bicyclic) bond motifs is 5. The van der Waals surface area contributed by atoms with E-state index in [4.69, 9.17) is 4.74 Å². The van der Waals surface area contributed by atoms with Crippen LogP contribution >= 0.6 is 0 Å². The van der Waals surface area contributed by atoms with Crippen molar-refractivity contribution >= 4 is 5.91 Å². The van der Waals surface area contributed by atoms with Crippen LogP contribution < -0.4 is 10.1 Å². The van der Waals surface area contributed by atoms with Gasteiger partial charge < -0.3 is 20.3 Å². The fourth-order valence-corrected chi connectivity index (χ4v) is 7.19. The lowest BCUT2D eigenvalue weighted by molar-refractivity contribution is -0.210. The van der Waals surface area contributed by atoms with Crippen molar-refractivity contribution in [3.63, 3.8) is 0 Å². The summed E-state index contributed by atoms with van der Waals surface area (Å²) in [4.78, 5) is 12.2. The number of ether oxygens (including phenoxy) is 1. The molecule has 5 atom stereocenters. The number of hydrogen-bond donors (Lipinski definition) is 3. The number of carbonyl (C=O) groups excluding carboxylic acids is 1. The first-order valence-corrected chi connectivity index (χ1v) is 10.6.